The highest BCUT2D eigenvalue weighted by Crippen LogP contribution is 2.27. The number of thioether (sulfide) groups is 1. The first-order valence-electron chi connectivity index (χ1n) is 8.01. The van der Waals surface area contributed by atoms with E-state index in [0.717, 1.165) is 22.1 Å². The molecule has 142 valence electrons. The van der Waals surface area contributed by atoms with Crippen molar-refractivity contribution in [2.45, 2.75) is 11.7 Å². The van der Waals surface area contributed by atoms with Crippen molar-refractivity contribution in [3.63, 3.8) is 0 Å². The predicted molar refractivity (Wildman–Crippen MR) is 109 cm³/mol. The van der Waals surface area contributed by atoms with E-state index in [-0.39, 0.29) is 18.2 Å². The van der Waals surface area contributed by atoms with Crippen LogP contribution in [0.1, 0.15) is 0 Å². The number of anilines is 1. The number of benzene rings is 1. The summed E-state index contributed by atoms with van der Waals surface area (Å²) in [7, 11) is 0. The Hall–Kier alpha value is -2.83. The fourth-order valence-corrected chi connectivity index (χ4v) is 4.51. The highest BCUT2D eigenvalue weighted by atomic mass is 32.2. The van der Waals surface area contributed by atoms with Gasteiger partial charge in [0.2, 0.25) is 11.8 Å². The van der Waals surface area contributed by atoms with Gasteiger partial charge in [-0.25, -0.2) is 0 Å². The van der Waals surface area contributed by atoms with Crippen LogP contribution in [0, 0.1) is 0 Å². The minimum absolute atomic E-state index is 0.0615. The van der Waals surface area contributed by atoms with Gasteiger partial charge in [0.05, 0.1) is 28.0 Å². The molecule has 9 nitrogen and oxygen atoms in total. The topological polar surface area (TPSA) is 129 Å². The molecule has 3 heterocycles. The second kappa shape index (κ2) is 8.04. The first-order chi connectivity index (χ1) is 13.6. The molecule has 12 heteroatoms. The van der Waals surface area contributed by atoms with Gasteiger partial charge in [0.1, 0.15) is 17.6 Å². The molecule has 0 saturated heterocycles. The maximum atomic E-state index is 12.4. The lowest BCUT2D eigenvalue weighted by Crippen LogP contribution is -2.20. The van der Waals surface area contributed by atoms with Crippen LogP contribution in [0.4, 0.5) is 5.69 Å². The molecule has 0 aliphatic rings. The van der Waals surface area contributed by atoms with Crippen LogP contribution < -0.4 is 11.1 Å². The minimum atomic E-state index is -0.508. The quantitative estimate of drug-likeness (QED) is 0.429. The second-order valence-electron chi connectivity index (χ2n) is 5.61. The van der Waals surface area contributed by atoms with Crippen LogP contribution in [-0.2, 0) is 16.1 Å². The number of nitrogens with one attached hydrogen (secondary N) is 1. The molecule has 4 rings (SSSR count). The molecule has 0 unspecified atom stereocenters. The molecule has 3 aromatic heterocycles. The van der Waals surface area contributed by atoms with Crippen LogP contribution in [-0.4, -0.2) is 41.1 Å². The van der Waals surface area contributed by atoms with Crippen molar-refractivity contribution >= 4 is 63.4 Å². The van der Waals surface area contributed by atoms with E-state index in [1.54, 1.807) is 10.6 Å². The van der Waals surface area contributed by atoms with Gasteiger partial charge in [-0.15, -0.1) is 21.5 Å². The number of fused-ring (bicyclic) bond motifs is 1. The summed E-state index contributed by atoms with van der Waals surface area (Å²) in [5, 5.41) is 13.5. The molecular weight excluding hydrogens is 418 g/mol. The Bertz CT molecular complexity index is 1140. The van der Waals surface area contributed by atoms with Gasteiger partial charge in [-0.3, -0.25) is 14.2 Å². The summed E-state index contributed by atoms with van der Waals surface area (Å²) in [6.07, 6.45) is 0. The lowest BCUT2D eigenvalue weighted by molar-refractivity contribution is -0.118. The number of primary amides is 1. The first kappa shape index (κ1) is 18.5. The number of aromatic nitrogens is 5. The van der Waals surface area contributed by atoms with Crippen molar-refractivity contribution in [2.24, 2.45) is 5.73 Å². The van der Waals surface area contributed by atoms with Crippen LogP contribution in [0.15, 0.2) is 40.9 Å². The van der Waals surface area contributed by atoms with Crippen molar-refractivity contribution in [1.29, 1.82) is 0 Å². The zero-order valence-corrected chi connectivity index (χ0v) is 16.7. The summed E-state index contributed by atoms with van der Waals surface area (Å²) in [4.78, 5) is 24.7. The van der Waals surface area contributed by atoms with Crippen LogP contribution in [0.2, 0.25) is 0 Å². The van der Waals surface area contributed by atoms with Gasteiger partial charge in [-0.2, -0.15) is 8.75 Å². The third kappa shape index (κ3) is 3.88. The second-order valence-corrected chi connectivity index (χ2v) is 8.03. The minimum Gasteiger partial charge on any atom is -0.368 e. The van der Waals surface area contributed by atoms with Gasteiger partial charge in [0.25, 0.3) is 0 Å². The smallest absolute Gasteiger partial charge is 0.237 e. The molecule has 0 atom stereocenters. The molecule has 3 N–H and O–H groups in total. The van der Waals surface area contributed by atoms with Crippen LogP contribution in [0.5, 0.6) is 0 Å². The molecule has 1 aromatic carbocycles. The fraction of sp³-hybridized carbons (Fsp3) is 0.125. The Kier molecular flexibility index (Phi) is 5.32. The van der Waals surface area contributed by atoms with Crippen molar-refractivity contribution in [1.82, 2.24) is 23.5 Å². The molecule has 0 bridgehead atoms. The Morgan fingerprint density at radius 3 is 2.86 bits per heavy atom. The monoisotopic (exact) mass is 431 g/mol. The van der Waals surface area contributed by atoms with E-state index < -0.39 is 5.91 Å². The van der Waals surface area contributed by atoms with E-state index in [1.165, 1.54) is 23.1 Å². The van der Waals surface area contributed by atoms with Crippen LogP contribution in [0.3, 0.4) is 0 Å². The van der Waals surface area contributed by atoms with E-state index in [4.69, 9.17) is 5.73 Å². The highest BCUT2D eigenvalue weighted by Gasteiger charge is 2.18. The van der Waals surface area contributed by atoms with Gasteiger partial charge < -0.3 is 11.1 Å². The standard InChI is InChI=1S/C16H13N7O2S3/c17-12(24)7-23-15(11-5-2-6-26-11)19-20-16(23)27-8-13(25)18-9-3-1-4-10-14(9)22-28-21-10/h1-6H,7-8H2,(H2,17,24)(H,18,25). The van der Waals surface area contributed by atoms with E-state index in [2.05, 4.69) is 24.3 Å². The van der Waals surface area contributed by atoms with Crippen molar-refractivity contribution in [3.05, 3.63) is 35.7 Å². The molecule has 0 aliphatic heterocycles. The molecular formula is C16H13N7O2S3. The normalized spacial score (nSPS) is 11.0. The predicted octanol–water partition coefficient (Wildman–Crippen LogP) is 2.23. The number of nitrogens with zero attached hydrogens (tertiary/aromatic N) is 5. The molecule has 2 amide bonds. The van der Waals surface area contributed by atoms with Crippen molar-refractivity contribution in [3.8, 4) is 10.7 Å². The fourth-order valence-electron chi connectivity index (χ4n) is 2.51. The molecule has 0 spiro atoms. The number of carbonyl (C=O) groups is 2. The van der Waals surface area contributed by atoms with E-state index in [1.807, 2.05) is 29.6 Å². The van der Waals surface area contributed by atoms with Gasteiger partial charge >= 0.3 is 0 Å². The summed E-state index contributed by atoms with van der Waals surface area (Å²) < 4.78 is 9.98. The third-order valence-corrected chi connectivity index (χ3v) is 6.04. The average molecular weight is 432 g/mol. The Morgan fingerprint density at radius 1 is 1.18 bits per heavy atom. The van der Waals surface area contributed by atoms with E-state index in [9.17, 15) is 9.59 Å². The summed E-state index contributed by atoms with van der Waals surface area (Å²) >= 11 is 3.76. The van der Waals surface area contributed by atoms with E-state index >= 15 is 0 Å². The molecule has 28 heavy (non-hydrogen) atoms. The lowest BCUT2D eigenvalue weighted by atomic mass is 10.2. The molecule has 4 aromatic rings. The molecule has 0 radical (unpaired) electrons. The van der Waals surface area contributed by atoms with Gasteiger partial charge in [-0.1, -0.05) is 23.9 Å². The number of nitrogens with two attached hydrogens (primary N) is 1. The zero-order chi connectivity index (χ0) is 19.5. The van der Waals surface area contributed by atoms with Crippen molar-refractivity contribution in [2.75, 3.05) is 11.1 Å². The van der Waals surface area contributed by atoms with Gasteiger partial charge in [0.15, 0.2) is 11.0 Å². The van der Waals surface area contributed by atoms with E-state index in [0.29, 0.717) is 22.2 Å². The SMILES string of the molecule is NC(=O)Cn1c(SCC(=O)Nc2cccc3nsnc23)nnc1-c1cccs1. The maximum Gasteiger partial charge on any atom is 0.237 e. The Morgan fingerprint density at radius 2 is 2.07 bits per heavy atom. The first-order valence-corrected chi connectivity index (χ1v) is 10.6. The lowest BCUT2D eigenvalue weighted by Gasteiger charge is -2.08. The van der Waals surface area contributed by atoms with Gasteiger partial charge in [0, 0.05) is 0 Å². The van der Waals surface area contributed by atoms with Crippen LogP contribution in [0.25, 0.3) is 21.7 Å². The summed E-state index contributed by atoms with van der Waals surface area (Å²) in [5.41, 5.74) is 7.36. The Labute approximate surface area is 171 Å². The number of rotatable bonds is 7. The number of carbonyl (C=O) groups excluding carboxylic acids is 2. The number of hydrogen-bond acceptors (Lipinski definition) is 9. The average Bonchev–Trinajstić information content (AvgIpc) is 3.40. The molecule has 0 saturated carbocycles. The molecule has 0 aliphatic carbocycles. The maximum absolute atomic E-state index is 12.4. The zero-order valence-electron chi connectivity index (χ0n) is 14.2. The summed E-state index contributed by atoms with van der Waals surface area (Å²) in [6, 6.07) is 9.19. The molecule has 0 fully saturated rings. The third-order valence-electron chi connectivity index (χ3n) is 3.66. The van der Waals surface area contributed by atoms with Crippen LogP contribution >= 0.6 is 34.8 Å². The number of amides is 2. The van der Waals surface area contributed by atoms with Gasteiger partial charge in [-0.05, 0) is 23.6 Å². The summed E-state index contributed by atoms with van der Waals surface area (Å²) in [6.45, 7) is -0.0615. The van der Waals surface area contributed by atoms with Crippen molar-refractivity contribution < 1.29 is 9.59 Å². The number of hydrogen-bond donors (Lipinski definition) is 2. The summed E-state index contributed by atoms with van der Waals surface area (Å²) in [5.74, 6) is -0.0895. The number of thiophene rings is 1. The highest BCUT2D eigenvalue weighted by molar-refractivity contribution is 7.99. The largest absolute Gasteiger partial charge is 0.368 e. The Balaban J connectivity index is 1.49.